The number of allylic oxidation sites excluding steroid dienone is 1. The number of carbonyl (C=O) groups is 1. The Morgan fingerprint density at radius 1 is 1.59 bits per heavy atom. The molecule has 0 aromatic carbocycles. The van der Waals surface area contributed by atoms with Gasteiger partial charge in [-0.05, 0) is 18.6 Å². The van der Waals surface area contributed by atoms with Crippen molar-refractivity contribution in [2.75, 3.05) is 7.11 Å². The van der Waals surface area contributed by atoms with Gasteiger partial charge in [-0.15, -0.1) is 0 Å². The molecule has 2 rings (SSSR count). The van der Waals surface area contributed by atoms with Gasteiger partial charge in [0.1, 0.15) is 0 Å². The zero-order valence-corrected chi connectivity index (χ0v) is 10.2. The second kappa shape index (κ2) is 4.18. The van der Waals surface area contributed by atoms with Gasteiger partial charge in [-0.1, -0.05) is 18.2 Å². The number of esters is 1. The van der Waals surface area contributed by atoms with Crippen LogP contribution in [0.1, 0.15) is 23.0 Å². The number of nitrogens with zero attached hydrogens (tertiary/aromatic N) is 3. The summed E-state index contributed by atoms with van der Waals surface area (Å²) in [6, 6.07) is 1.66. The SMILES string of the molecule is C=C(C)c1cc(Cl)nn2cc(C(=O)OC)nc12. The van der Waals surface area contributed by atoms with Crippen molar-refractivity contribution >= 4 is 28.8 Å². The van der Waals surface area contributed by atoms with Crippen LogP contribution in [0.5, 0.6) is 0 Å². The molecule has 0 saturated heterocycles. The molecule has 0 spiro atoms. The van der Waals surface area contributed by atoms with Gasteiger partial charge in [-0.3, -0.25) is 0 Å². The fourth-order valence-electron chi connectivity index (χ4n) is 1.46. The molecule has 17 heavy (non-hydrogen) atoms. The van der Waals surface area contributed by atoms with Crippen LogP contribution in [0.25, 0.3) is 11.2 Å². The summed E-state index contributed by atoms with van der Waals surface area (Å²) in [5.74, 6) is -0.515. The van der Waals surface area contributed by atoms with Gasteiger partial charge in [0.05, 0.1) is 13.3 Å². The summed E-state index contributed by atoms with van der Waals surface area (Å²) in [7, 11) is 1.30. The molecule has 0 unspecified atom stereocenters. The number of methoxy groups -OCH3 is 1. The molecular weight excluding hydrogens is 242 g/mol. The normalized spacial score (nSPS) is 10.5. The van der Waals surface area contributed by atoms with Gasteiger partial charge < -0.3 is 4.74 Å². The first-order chi connectivity index (χ1) is 8.02. The highest BCUT2D eigenvalue weighted by Gasteiger charge is 2.14. The first-order valence-electron chi connectivity index (χ1n) is 4.83. The van der Waals surface area contributed by atoms with E-state index in [-0.39, 0.29) is 5.69 Å². The summed E-state index contributed by atoms with van der Waals surface area (Å²) in [6.45, 7) is 5.67. The van der Waals surface area contributed by atoms with Gasteiger partial charge in [0.2, 0.25) is 0 Å². The van der Waals surface area contributed by atoms with Gasteiger partial charge in [-0.2, -0.15) is 5.10 Å². The van der Waals surface area contributed by atoms with Gasteiger partial charge in [-0.25, -0.2) is 14.3 Å². The van der Waals surface area contributed by atoms with Crippen LogP contribution in [0.15, 0.2) is 18.8 Å². The monoisotopic (exact) mass is 251 g/mol. The maximum absolute atomic E-state index is 11.4. The molecule has 0 fully saturated rings. The van der Waals surface area contributed by atoms with Crippen molar-refractivity contribution < 1.29 is 9.53 Å². The van der Waals surface area contributed by atoms with Crippen LogP contribution in [-0.4, -0.2) is 27.7 Å². The predicted octanol–water partition coefficient (Wildman–Crippen LogP) is 2.20. The zero-order valence-electron chi connectivity index (χ0n) is 9.40. The fourth-order valence-corrected chi connectivity index (χ4v) is 1.65. The molecule has 0 amide bonds. The summed E-state index contributed by atoms with van der Waals surface area (Å²) in [5, 5.41) is 4.34. The van der Waals surface area contributed by atoms with E-state index in [4.69, 9.17) is 11.6 Å². The van der Waals surface area contributed by atoms with Crippen LogP contribution in [0.3, 0.4) is 0 Å². The van der Waals surface area contributed by atoms with Crippen molar-refractivity contribution in [1.29, 1.82) is 0 Å². The van der Waals surface area contributed by atoms with E-state index < -0.39 is 5.97 Å². The van der Waals surface area contributed by atoms with E-state index in [0.717, 1.165) is 11.1 Å². The van der Waals surface area contributed by atoms with E-state index in [0.29, 0.717) is 10.8 Å². The van der Waals surface area contributed by atoms with Crippen LogP contribution < -0.4 is 0 Å². The molecular formula is C11H10ClN3O2. The van der Waals surface area contributed by atoms with E-state index in [2.05, 4.69) is 21.4 Å². The van der Waals surface area contributed by atoms with Crippen LogP contribution in [0.2, 0.25) is 5.15 Å². The van der Waals surface area contributed by atoms with E-state index in [9.17, 15) is 4.79 Å². The molecule has 88 valence electrons. The minimum absolute atomic E-state index is 0.185. The number of ether oxygens (including phenoxy) is 1. The molecule has 0 bridgehead atoms. The highest BCUT2D eigenvalue weighted by atomic mass is 35.5. The quantitative estimate of drug-likeness (QED) is 0.768. The Morgan fingerprint density at radius 2 is 2.29 bits per heavy atom. The average molecular weight is 252 g/mol. The number of rotatable bonds is 2. The molecule has 2 aromatic heterocycles. The van der Waals surface area contributed by atoms with Crippen molar-refractivity contribution in [3.05, 3.63) is 35.3 Å². The molecule has 0 N–H and O–H groups in total. The molecule has 0 aliphatic heterocycles. The molecule has 0 aliphatic carbocycles. The van der Waals surface area contributed by atoms with Crippen LogP contribution >= 0.6 is 11.6 Å². The van der Waals surface area contributed by atoms with Crippen molar-refractivity contribution in [2.45, 2.75) is 6.92 Å². The third-order valence-corrected chi connectivity index (χ3v) is 2.43. The van der Waals surface area contributed by atoms with E-state index in [1.54, 1.807) is 6.07 Å². The highest BCUT2D eigenvalue weighted by molar-refractivity contribution is 6.29. The maximum Gasteiger partial charge on any atom is 0.358 e. The van der Waals surface area contributed by atoms with E-state index in [1.807, 2.05) is 6.92 Å². The Balaban J connectivity index is 2.71. The van der Waals surface area contributed by atoms with E-state index >= 15 is 0 Å². The molecule has 0 radical (unpaired) electrons. The Morgan fingerprint density at radius 3 is 2.88 bits per heavy atom. The third kappa shape index (κ3) is 2.01. The number of halogens is 1. The number of hydrogen-bond donors (Lipinski definition) is 0. The van der Waals surface area contributed by atoms with Crippen molar-refractivity contribution in [2.24, 2.45) is 0 Å². The van der Waals surface area contributed by atoms with Crippen LogP contribution in [0, 0.1) is 0 Å². The van der Waals surface area contributed by atoms with Crippen LogP contribution in [0.4, 0.5) is 0 Å². The summed E-state index contributed by atoms with van der Waals surface area (Å²) in [5.41, 5.74) is 2.26. The Labute approximate surface area is 103 Å². The lowest BCUT2D eigenvalue weighted by molar-refractivity contribution is 0.0595. The summed E-state index contributed by atoms with van der Waals surface area (Å²) >= 11 is 5.87. The molecule has 0 saturated carbocycles. The second-order valence-electron chi connectivity index (χ2n) is 3.55. The van der Waals surface area contributed by atoms with Crippen molar-refractivity contribution in [1.82, 2.24) is 14.6 Å². The minimum Gasteiger partial charge on any atom is -0.464 e. The summed E-state index contributed by atoms with van der Waals surface area (Å²) in [6.07, 6.45) is 1.47. The second-order valence-corrected chi connectivity index (χ2v) is 3.93. The largest absolute Gasteiger partial charge is 0.464 e. The third-order valence-electron chi connectivity index (χ3n) is 2.25. The topological polar surface area (TPSA) is 56.5 Å². The van der Waals surface area contributed by atoms with Gasteiger partial charge in [0.15, 0.2) is 16.5 Å². The predicted molar refractivity (Wildman–Crippen MR) is 64.0 cm³/mol. The Hall–Kier alpha value is -1.88. The van der Waals surface area contributed by atoms with E-state index in [1.165, 1.54) is 17.8 Å². The van der Waals surface area contributed by atoms with Crippen molar-refractivity contribution in [3.63, 3.8) is 0 Å². The maximum atomic E-state index is 11.4. The molecule has 0 atom stereocenters. The molecule has 6 heteroatoms. The highest BCUT2D eigenvalue weighted by Crippen LogP contribution is 2.20. The van der Waals surface area contributed by atoms with Gasteiger partial charge in [0.25, 0.3) is 0 Å². The lowest BCUT2D eigenvalue weighted by Crippen LogP contribution is -2.00. The van der Waals surface area contributed by atoms with Crippen LogP contribution in [-0.2, 0) is 4.74 Å². The number of fused-ring (bicyclic) bond motifs is 1. The molecule has 2 heterocycles. The molecule has 5 nitrogen and oxygen atoms in total. The number of carbonyl (C=O) groups excluding carboxylic acids is 1. The molecule has 2 aromatic rings. The molecule has 0 aliphatic rings. The zero-order chi connectivity index (χ0) is 12.6. The van der Waals surface area contributed by atoms with Crippen molar-refractivity contribution in [3.8, 4) is 0 Å². The smallest absolute Gasteiger partial charge is 0.358 e. The number of hydrogen-bond acceptors (Lipinski definition) is 4. The average Bonchev–Trinajstić information content (AvgIpc) is 2.69. The Kier molecular flexibility index (Phi) is 2.85. The minimum atomic E-state index is -0.515. The number of imidazole rings is 1. The first kappa shape index (κ1) is 11.6. The lowest BCUT2D eigenvalue weighted by Gasteiger charge is -2.02. The first-order valence-corrected chi connectivity index (χ1v) is 5.21. The number of aromatic nitrogens is 3. The van der Waals surface area contributed by atoms with Gasteiger partial charge >= 0.3 is 5.97 Å². The van der Waals surface area contributed by atoms with Gasteiger partial charge in [0, 0.05) is 5.56 Å². The lowest BCUT2D eigenvalue weighted by atomic mass is 10.1. The standard InChI is InChI=1S/C11H10ClN3O2/c1-6(2)7-4-9(12)14-15-5-8(11(16)17-3)13-10(7)15/h4-5H,1H2,2-3H3. The summed E-state index contributed by atoms with van der Waals surface area (Å²) in [4.78, 5) is 15.5. The Bertz CT molecular complexity index is 618. The summed E-state index contributed by atoms with van der Waals surface area (Å²) < 4.78 is 6.04. The fraction of sp³-hybridized carbons (Fsp3) is 0.182.